The number of hydrogen-bond donors (Lipinski definition) is 1. The standard InChI is InChI=1S/C17H23NO2/c19-17(20-15-9-3-1-2-4-10-15)16-11-13-7-5-6-8-14(13)12-18-16/h5-8,15-16,18H,1-4,9-12H2. The summed E-state index contributed by atoms with van der Waals surface area (Å²) in [6.45, 7) is 0.764. The Morgan fingerprint density at radius 3 is 2.50 bits per heavy atom. The van der Waals surface area contributed by atoms with Crippen LogP contribution in [0.2, 0.25) is 0 Å². The summed E-state index contributed by atoms with van der Waals surface area (Å²) in [5.74, 6) is -0.0635. The molecule has 1 aromatic rings. The molecule has 20 heavy (non-hydrogen) atoms. The second-order valence-electron chi connectivity index (χ2n) is 5.96. The minimum atomic E-state index is -0.173. The predicted molar refractivity (Wildman–Crippen MR) is 78.4 cm³/mol. The van der Waals surface area contributed by atoms with E-state index in [-0.39, 0.29) is 18.1 Å². The van der Waals surface area contributed by atoms with Crippen LogP contribution in [0.25, 0.3) is 0 Å². The Bertz CT molecular complexity index is 464. The monoisotopic (exact) mass is 273 g/mol. The van der Waals surface area contributed by atoms with E-state index in [0.717, 1.165) is 25.8 Å². The third kappa shape index (κ3) is 3.21. The van der Waals surface area contributed by atoms with Gasteiger partial charge in [-0.1, -0.05) is 37.1 Å². The van der Waals surface area contributed by atoms with Crippen LogP contribution in [-0.4, -0.2) is 18.1 Å². The van der Waals surface area contributed by atoms with Gasteiger partial charge in [0.15, 0.2) is 0 Å². The number of carbonyl (C=O) groups excluding carboxylic acids is 1. The summed E-state index contributed by atoms with van der Waals surface area (Å²) in [7, 11) is 0. The summed E-state index contributed by atoms with van der Waals surface area (Å²) in [6, 6.07) is 8.15. The number of rotatable bonds is 2. The van der Waals surface area contributed by atoms with Crippen LogP contribution in [0.15, 0.2) is 24.3 Å². The van der Waals surface area contributed by atoms with Crippen LogP contribution in [0, 0.1) is 0 Å². The number of carbonyl (C=O) groups is 1. The smallest absolute Gasteiger partial charge is 0.323 e. The van der Waals surface area contributed by atoms with E-state index in [4.69, 9.17) is 4.74 Å². The van der Waals surface area contributed by atoms with Crippen molar-refractivity contribution in [1.82, 2.24) is 5.32 Å². The van der Waals surface area contributed by atoms with Crippen LogP contribution in [0.4, 0.5) is 0 Å². The van der Waals surface area contributed by atoms with Gasteiger partial charge >= 0.3 is 5.97 Å². The van der Waals surface area contributed by atoms with Gasteiger partial charge in [0.2, 0.25) is 0 Å². The van der Waals surface area contributed by atoms with Crippen molar-refractivity contribution < 1.29 is 9.53 Å². The van der Waals surface area contributed by atoms with E-state index in [2.05, 4.69) is 17.4 Å². The molecule has 1 fully saturated rings. The molecule has 108 valence electrons. The van der Waals surface area contributed by atoms with Crippen LogP contribution in [0.1, 0.15) is 49.7 Å². The van der Waals surface area contributed by atoms with E-state index in [0.29, 0.717) is 0 Å². The quantitative estimate of drug-likeness (QED) is 0.665. The van der Waals surface area contributed by atoms with E-state index in [9.17, 15) is 4.79 Å². The first-order valence-corrected chi connectivity index (χ1v) is 7.83. The molecular formula is C17H23NO2. The predicted octanol–water partition coefficient (Wildman–Crippen LogP) is 2.97. The molecule has 1 atom stereocenters. The highest BCUT2D eigenvalue weighted by Crippen LogP contribution is 2.22. The molecule has 0 saturated heterocycles. The Kier molecular flexibility index (Phi) is 4.36. The normalized spacial score (nSPS) is 23.7. The fourth-order valence-corrected chi connectivity index (χ4v) is 3.23. The Morgan fingerprint density at radius 1 is 1.05 bits per heavy atom. The van der Waals surface area contributed by atoms with E-state index in [1.165, 1.54) is 36.8 Å². The lowest BCUT2D eigenvalue weighted by Crippen LogP contribution is -2.43. The van der Waals surface area contributed by atoms with E-state index in [1.807, 2.05) is 12.1 Å². The minimum absolute atomic E-state index is 0.0635. The van der Waals surface area contributed by atoms with Gasteiger partial charge in [-0.2, -0.15) is 0 Å². The highest BCUT2D eigenvalue weighted by atomic mass is 16.5. The van der Waals surface area contributed by atoms with Gasteiger partial charge in [0, 0.05) is 6.54 Å². The Labute approximate surface area is 120 Å². The highest BCUT2D eigenvalue weighted by Gasteiger charge is 2.27. The van der Waals surface area contributed by atoms with Crippen molar-refractivity contribution in [3.05, 3.63) is 35.4 Å². The molecular weight excluding hydrogens is 250 g/mol. The van der Waals surface area contributed by atoms with Crippen molar-refractivity contribution >= 4 is 5.97 Å². The molecule has 3 rings (SSSR count). The largest absolute Gasteiger partial charge is 0.461 e. The van der Waals surface area contributed by atoms with Gasteiger partial charge in [0.05, 0.1) is 0 Å². The molecule has 0 radical (unpaired) electrons. The van der Waals surface area contributed by atoms with Crippen LogP contribution in [0.5, 0.6) is 0 Å². The molecule has 0 spiro atoms. The van der Waals surface area contributed by atoms with Crippen molar-refractivity contribution in [2.24, 2.45) is 0 Å². The topological polar surface area (TPSA) is 38.3 Å². The summed E-state index contributed by atoms with van der Waals surface area (Å²) in [4.78, 5) is 12.3. The first-order valence-electron chi connectivity index (χ1n) is 7.83. The van der Waals surface area contributed by atoms with Crippen molar-refractivity contribution in [2.75, 3.05) is 0 Å². The van der Waals surface area contributed by atoms with E-state index < -0.39 is 0 Å². The number of nitrogens with one attached hydrogen (secondary N) is 1. The lowest BCUT2D eigenvalue weighted by molar-refractivity contribution is -0.152. The van der Waals surface area contributed by atoms with Gasteiger partial charge in [-0.3, -0.25) is 4.79 Å². The third-order valence-electron chi connectivity index (χ3n) is 4.45. The SMILES string of the molecule is O=C(OC1CCCCCC1)C1Cc2ccccc2CN1. The van der Waals surface area contributed by atoms with Crippen molar-refractivity contribution in [1.29, 1.82) is 0 Å². The lowest BCUT2D eigenvalue weighted by Gasteiger charge is -2.26. The van der Waals surface area contributed by atoms with E-state index >= 15 is 0 Å². The third-order valence-corrected chi connectivity index (χ3v) is 4.45. The van der Waals surface area contributed by atoms with Crippen LogP contribution in [0.3, 0.4) is 0 Å². The number of esters is 1. The summed E-state index contributed by atoms with van der Waals surface area (Å²) < 4.78 is 5.72. The van der Waals surface area contributed by atoms with E-state index in [1.54, 1.807) is 0 Å². The average Bonchev–Trinajstić information content (AvgIpc) is 2.75. The molecule has 1 aromatic carbocycles. The number of fused-ring (bicyclic) bond motifs is 1. The summed E-state index contributed by atoms with van der Waals surface area (Å²) in [5, 5.41) is 3.31. The fourth-order valence-electron chi connectivity index (χ4n) is 3.23. The van der Waals surface area contributed by atoms with Crippen LogP contribution in [-0.2, 0) is 22.5 Å². The molecule has 0 amide bonds. The van der Waals surface area contributed by atoms with Gasteiger partial charge in [0.1, 0.15) is 12.1 Å². The van der Waals surface area contributed by atoms with Gasteiger partial charge in [-0.05, 0) is 43.2 Å². The van der Waals surface area contributed by atoms with Crippen molar-refractivity contribution in [3.8, 4) is 0 Å². The number of hydrogen-bond acceptors (Lipinski definition) is 3. The maximum atomic E-state index is 12.3. The highest BCUT2D eigenvalue weighted by molar-refractivity contribution is 5.76. The molecule has 1 heterocycles. The lowest BCUT2D eigenvalue weighted by atomic mass is 9.96. The maximum absolute atomic E-state index is 12.3. The summed E-state index contributed by atoms with van der Waals surface area (Å²) in [5.41, 5.74) is 2.57. The first kappa shape index (κ1) is 13.6. The fraction of sp³-hybridized carbons (Fsp3) is 0.588. The molecule has 1 saturated carbocycles. The molecule has 1 unspecified atom stereocenters. The first-order chi connectivity index (χ1) is 9.83. The summed E-state index contributed by atoms with van der Waals surface area (Å²) >= 11 is 0. The molecule has 0 bridgehead atoms. The molecule has 3 nitrogen and oxygen atoms in total. The van der Waals surface area contributed by atoms with Gasteiger partial charge in [-0.15, -0.1) is 0 Å². The second kappa shape index (κ2) is 6.40. The van der Waals surface area contributed by atoms with Crippen molar-refractivity contribution in [2.45, 2.75) is 63.6 Å². The molecule has 0 aromatic heterocycles. The number of ether oxygens (including phenoxy) is 1. The molecule has 1 aliphatic carbocycles. The van der Waals surface area contributed by atoms with Crippen LogP contribution >= 0.6 is 0 Å². The van der Waals surface area contributed by atoms with Gasteiger partial charge in [0.25, 0.3) is 0 Å². The second-order valence-corrected chi connectivity index (χ2v) is 5.96. The van der Waals surface area contributed by atoms with Crippen LogP contribution < -0.4 is 5.32 Å². The van der Waals surface area contributed by atoms with Crippen molar-refractivity contribution in [3.63, 3.8) is 0 Å². The zero-order chi connectivity index (χ0) is 13.8. The Morgan fingerprint density at radius 2 is 1.75 bits per heavy atom. The molecule has 1 aliphatic heterocycles. The van der Waals surface area contributed by atoms with Gasteiger partial charge in [-0.25, -0.2) is 0 Å². The zero-order valence-corrected chi connectivity index (χ0v) is 11.9. The zero-order valence-electron chi connectivity index (χ0n) is 11.9. The average molecular weight is 273 g/mol. The molecule has 1 N–H and O–H groups in total. The van der Waals surface area contributed by atoms with Gasteiger partial charge < -0.3 is 10.1 Å². The Balaban J connectivity index is 1.58. The molecule has 3 heteroatoms. The maximum Gasteiger partial charge on any atom is 0.323 e. The Hall–Kier alpha value is -1.35. The summed E-state index contributed by atoms with van der Waals surface area (Å²) in [6.07, 6.45) is 7.92. The number of benzene rings is 1. The molecule has 2 aliphatic rings. The minimum Gasteiger partial charge on any atom is -0.461 e.